The van der Waals surface area contributed by atoms with E-state index in [-0.39, 0.29) is 5.91 Å². The number of nitrogens with zero attached hydrogens (tertiary/aromatic N) is 1. The number of benzene rings is 2. The largest absolute Gasteiger partial charge is 0.312 e. The van der Waals surface area contributed by atoms with Crippen molar-refractivity contribution in [3.05, 3.63) is 42.5 Å². The van der Waals surface area contributed by atoms with E-state index >= 15 is 0 Å². The molecule has 1 amide bonds. The Morgan fingerprint density at radius 3 is 2.45 bits per heavy atom. The van der Waals surface area contributed by atoms with E-state index in [0.29, 0.717) is 12.4 Å². The average Bonchev–Trinajstić information content (AvgIpc) is 2.48. The zero-order valence-electron chi connectivity index (χ0n) is 12.2. The number of alkyl halides is 1. The summed E-state index contributed by atoms with van der Waals surface area (Å²) in [7, 11) is 0. The van der Waals surface area contributed by atoms with Crippen LogP contribution < -0.4 is 4.90 Å². The second kappa shape index (κ2) is 5.84. The number of carbonyl (C=O) groups excluding carboxylic acids is 1. The topological polar surface area (TPSA) is 20.3 Å². The molecule has 0 N–H and O–H groups in total. The fourth-order valence-electron chi connectivity index (χ4n) is 2.29. The van der Waals surface area contributed by atoms with Gasteiger partial charge in [0.25, 0.3) is 0 Å². The van der Waals surface area contributed by atoms with Crippen LogP contribution in [0.25, 0.3) is 10.8 Å². The van der Waals surface area contributed by atoms with E-state index in [9.17, 15) is 4.79 Å². The van der Waals surface area contributed by atoms with E-state index in [1.165, 1.54) is 0 Å². The molecule has 3 heteroatoms. The van der Waals surface area contributed by atoms with Gasteiger partial charge in [-0.15, -0.1) is 11.6 Å². The van der Waals surface area contributed by atoms with Gasteiger partial charge in [-0.2, -0.15) is 0 Å². The molecule has 2 nitrogen and oxygen atoms in total. The second-order valence-electron chi connectivity index (χ2n) is 5.57. The minimum atomic E-state index is -0.561. The monoisotopic (exact) mass is 289 g/mol. The van der Waals surface area contributed by atoms with E-state index in [0.717, 1.165) is 16.5 Å². The van der Waals surface area contributed by atoms with Crippen LogP contribution in [0.2, 0.25) is 0 Å². The molecule has 0 bridgehead atoms. The van der Waals surface area contributed by atoms with E-state index < -0.39 is 5.41 Å². The predicted octanol–water partition coefficient (Wildman–Crippen LogP) is 4.46. The first-order valence-corrected chi connectivity index (χ1v) is 7.40. The van der Waals surface area contributed by atoms with Gasteiger partial charge in [0.05, 0.1) is 11.1 Å². The first kappa shape index (κ1) is 14.9. The van der Waals surface area contributed by atoms with Crippen LogP contribution in [0.3, 0.4) is 0 Å². The fraction of sp³-hybridized carbons (Fsp3) is 0.353. The van der Waals surface area contributed by atoms with Crippen LogP contribution in [0, 0.1) is 5.41 Å². The number of amides is 1. The molecule has 0 radical (unpaired) electrons. The van der Waals surface area contributed by atoms with E-state index in [4.69, 9.17) is 11.6 Å². The number of carbonyl (C=O) groups is 1. The van der Waals surface area contributed by atoms with E-state index in [2.05, 4.69) is 12.1 Å². The van der Waals surface area contributed by atoms with Crippen LogP contribution in [-0.4, -0.2) is 18.3 Å². The average molecular weight is 290 g/mol. The number of fused-ring (bicyclic) bond motifs is 1. The normalized spacial score (nSPS) is 11.6. The van der Waals surface area contributed by atoms with Crippen molar-refractivity contribution in [2.45, 2.75) is 20.8 Å². The van der Waals surface area contributed by atoms with Gasteiger partial charge in [0, 0.05) is 17.8 Å². The maximum atomic E-state index is 12.7. The van der Waals surface area contributed by atoms with Gasteiger partial charge in [0.15, 0.2) is 0 Å². The summed E-state index contributed by atoms with van der Waals surface area (Å²) in [6.45, 7) is 6.39. The molecule has 0 heterocycles. The van der Waals surface area contributed by atoms with Gasteiger partial charge in [-0.25, -0.2) is 0 Å². The molecule has 0 atom stereocenters. The first-order chi connectivity index (χ1) is 9.51. The predicted molar refractivity (Wildman–Crippen MR) is 86.5 cm³/mol. The van der Waals surface area contributed by atoms with Gasteiger partial charge in [0.1, 0.15) is 0 Å². The molecule has 20 heavy (non-hydrogen) atoms. The Kier molecular flexibility index (Phi) is 4.34. The molecular formula is C17H20ClNO. The van der Waals surface area contributed by atoms with Gasteiger partial charge in [-0.3, -0.25) is 4.79 Å². The van der Waals surface area contributed by atoms with Gasteiger partial charge >= 0.3 is 0 Å². The number of anilines is 1. The first-order valence-electron chi connectivity index (χ1n) is 6.87. The number of hydrogen-bond acceptors (Lipinski definition) is 1. The molecular weight excluding hydrogens is 270 g/mol. The van der Waals surface area contributed by atoms with Gasteiger partial charge in [-0.05, 0) is 32.2 Å². The Morgan fingerprint density at radius 1 is 1.15 bits per heavy atom. The minimum absolute atomic E-state index is 0.0614. The smallest absolute Gasteiger partial charge is 0.233 e. The van der Waals surface area contributed by atoms with Crippen LogP contribution in [0.4, 0.5) is 5.69 Å². The van der Waals surface area contributed by atoms with Crippen LogP contribution in [0.15, 0.2) is 42.5 Å². The van der Waals surface area contributed by atoms with Crippen molar-refractivity contribution in [1.82, 2.24) is 0 Å². The summed E-state index contributed by atoms with van der Waals surface area (Å²) < 4.78 is 0. The Hall–Kier alpha value is -1.54. The summed E-state index contributed by atoms with van der Waals surface area (Å²) in [5, 5.41) is 2.23. The quantitative estimate of drug-likeness (QED) is 0.761. The van der Waals surface area contributed by atoms with Crippen molar-refractivity contribution in [3.8, 4) is 0 Å². The highest BCUT2D eigenvalue weighted by Gasteiger charge is 2.31. The van der Waals surface area contributed by atoms with Gasteiger partial charge < -0.3 is 4.90 Å². The summed E-state index contributed by atoms with van der Waals surface area (Å²) in [5.41, 5.74) is 0.392. The SMILES string of the molecule is CCN(C(=O)C(C)(C)CCl)c1cccc2ccccc12. The fourth-order valence-corrected chi connectivity index (χ4v) is 2.40. The van der Waals surface area contributed by atoms with Crippen molar-refractivity contribution in [2.24, 2.45) is 5.41 Å². The van der Waals surface area contributed by atoms with Crippen LogP contribution >= 0.6 is 11.6 Å². The molecule has 0 fully saturated rings. The highest BCUT2D eigenvalue weighted by molar-refractivity contribution is 6.20. The molecule has 0 spiro atoms. The molecule has 0 saturated carbocycles. The Morgan fingerprint density at radius 2 is 1.80 bits per heavy atom. The molecule has 0 aromatic heterocycles. The summed E-state index contributed by atoms with van der Waals surface area (Å²) >= 11 is 5.95. The standard InChI is InChI=1S/C17H20ClNO/c1-4-19(16(20)17(2,3)12-18)15-11-7-9-13-8-5-6-10-14(13)15/h5-11H,4,12H2,1-3H3. The maximum Gasteiger partial charge on any atom is 0.233 e. The third-order valence-corrected chi connectivity index (χ3v) is 4.20. The summed E-state index contributed by atoms with van der Waals surface area (Å²) in [6, 6.07) is 14.2. The summed E-state index contributed by atoms with van der Waals surface area (Å²) in [5.74, 6) is 0.374. The molecule has 2 rings (SSSR count). The molecule has 106 valence electrons. The lowest BCUT2D eigenvalue weighted by atomic mass is 9.93. The molecule has 0 aliphatic rings. The summed E-state index contributed by atoms with van der Waals surface area (Å²) in [6.07, 6.45) is 0. The van der Waals surface area contributed by atoms with E-state index in [1.54, 1.807) is 0 Å². The highest BCUT2D eigenvalue weighted by atomic mass is 35.5. The lowest BCUT2D eigenvalue weighted by molar-refractivity contribution is -0.125. The van der Waals surface area contributed by atoms with Crippen LogP contribution in [0.1, 0.15) is 20.8 Å². The Labute approximate surface area is 125 Å². The molecule has 2 aromatic rings. The maximum absolute atomic E-state index is 12.7. The van der Waals surface area contributed by atoms with Gasteiger partial charge in [0.2, 0.25) is 5.91 Å². The molecule has 2 aromatic carbocycles. The lowest BCUT2D eigenvalue weighted by Gasteiger charge is -2.30. The lowest BCUT2D eigenvalue weighted by Crippen LogP contribution is -2.42. The summed E-state index contributed by atoms with van der Waals surface area (Å²) in [4.78, 5) is 14.5. The molecule has 0 saturated heterocycles. The van der Waals surface area contributed by atoms with Crippen LogP contribution in [0.5, 0.6) is 0 Å². The van der Waals surface area contributed by atoms with Crippen molar-refractivity contribution < 1.29 is 4.79 Å². The second-order valence-corrected chi connectivity index (χ2v) is 5.83. The Balaban J connectivity index is 2.53. The van der Waals surface area contributed by atoms with E-state index in [1.807, 2.05) is 56.0 Å². The minimum Gasteiger partial charge on any atom is -0.312 e. The van der Waals surface area contributed by atoms with Crippen molar-refractivity contribution in [3.63, 3.8) is 0 Å². The third-order valence-electron chi connectivity index (χ3n) is 3.53. The van der Waals surface area contributed by atoms with Gasteiger partial charge in [-0.1, -0.05) is 36.4 Å². The third kappa shape index (κ3) is 2.66. The van der Waals surface area contributed by atoms with Crippen molar-refractivity contribution in [1.29, 1.82) is 0 Å². The zero-order valence-corrected chi connectivity index (χ0v) is 12.9. The number of rotatable bonds is 4. The molecule has 0 aliphatic heterocycles. The Bertz CT molecular complexity index is 616. The number of halogens is 1. The zero-order chi connectivity index (χ0) is 14.8. The highest BCUT2D eigenvalue weighted by Crippen LogP contribution is 2.30. The molecule has 0 aliphatic carbocycles. The number of hydrogen-bond donors (Lipinski definition) is 0. The molecule has 0 unspecified atom stereocenters. The van der Waals surface area contributed by atoms with Crippen molar-refractivity contribution in [2.75, 3.05) is 17.3 Å². The van der Waals surface area contributed by atoms with Crippen LogP contribution in [-0.2, 0) is 4.79 Å². The van der Waals surface area contributed by atoms with Crippen molar-refractivity contribution >= 4 is 34.0 Å².